The molecule has 0 fully saturated rings. The fourth-order valence-electron chi connectivity index (χ4n) is 4.22. The van der Waals surface area contributed by atoms with Crippen LogP contribution in [0.3, 0.4) is 0 Å². The fraction of sp³-hybridized carbons (Fsp3) is 0.207. The molecule has 0 spiro atoms. The molecule has 0 bridgehead atoms. The largest absolute Gasteiger partial charge is 0.394 e. The van der Waals surface area contributed by atoms with E-state index in [-0.39, 0.29) is 24.9 Å². The SMILES string of the molecule is CN(CCC=C1c2ccccc2C=Cc2ccccc21)C(CO)C(=O)NCc1ccc(F)cc1. The number of carbonyl (C=O) groups is 1. The van der Waals surface area contributed by atoms with Crippen LogP contribution in [-0.4, -0.2) is 42.2 Å². The zero-order valence-electron chi connectivity index (χ0n) is 19.2. The molecule has 3 aromatic rings. The van der Waals surface area contributed by atoms with Crippen molar-refractivity contribution in [3.05, 3.63) is 113 Å². The molecule has 174 valence electrons. The second kappa shape index (κ2) is 11.1. The standard InChI is InChI=1S/C29H29FN2O2/c1-32(28(20-33)29(34)31-19-21-12-16-24(30)17-13-21)18-6-11-27-25-9-4-2-7-22(25)14-15-23-8-3-5-10-26(23)27/h2-5,7-17,28,33H,6,18-20H2,1H3,(H,31,34). The highest BCUT2D eigenvalue weighted by Gasteiger charge is 2.22. The van der Waals surface area contributed by atoms with Gasteiger partial charge in [0.1, 0.15) is 11.9 Å². The minimum absolute atomic E-state index is 0.253. The molecule has 1 unspecified atom stereocenters. The number of nitrogens with zero attached hydrogens (tertiary/aromatic N) is 1. The first-order valence-corrected chi connectivity index (χ1v) is 11.5. The summed E-state index contributed by atoms with van der Waals surface area (Å²) in [5.74, 6) is -0.566. The summed E-state index contributed by atoms with van der Waals surface area (Å²) in [6.45, 7) is 0.614. The first-order chi connectivity index (χ1) is 16.6. The lowest BCUT2D eigenvalue weighted by molar-refractivity contribution is -0.127. The normalized spacial score (nSPS) is 13.1. The Morgan fingerprint density at radius 2 is 1.56 bits per heavy atom. The third-order valence-electron chi connectivity index (χ3n) is 6.16. The summed E-state index contributed by atoms with van der Waals surface area (Å²) in [6, 6.07) is 22.0. The van der Waals surface area contributed by atoms with E-state index >= 15 is 0 Å². The van der Waals surface area contributed by atoms with E-state index in [1.807, 2.05) is 36.2 Å². The first kappa shape index (κ1) is 23.6. The van der Waals surface area contributed by atoms with Gasteiger partial charge in [-0.05, 0) is 59.0 Å². The molecule has 0 aliphatic heterocycles. The van der Waals surface area contributed by atoms with Crippen molar-refractivity contribution >= 4 is 23.6 Å². The Labute approximate surface area is 200 Å². The lowest BCUT2D eigenvalue weighted by Crippen LogP contribution is -2.47. The average Bonchev–Trinajstić information content (AvgIpc) is 3.01. The van der Waals surface area contributed by atoms with Crippen LogP contribution in [0.5, 0.6) is 0 Å². The highest BCUT2D eigenvalue weighted by atomic mass is 19.1. The Morgan fingerprint density at radius 1 is 0.971 bits per heavy atom. The van der Waals surface area contributed by atoms with Crippen LogP contribution in [-0.2, 0) is 11.3 Å². The van der Waals surface area contributed by atoms with Crippen molar-refractivity contribution in [1.82, 2.24) is 10.2 Å². The number of hydrogen-bond acceptors (Lipinski definition) is 3. The molecule has 1 atom stereocenters. The van der Waals surface area contributed by atoms with Gasteiger partial charge in [-0.2, -0.15) is 0 Å². The van der Waals surface area contributed by atoms with E-state index in [9.17, 15) is 14.3 Å². The van der Waals surface area contributed by atoms with Crippen LogP contribution < -0.4 is 5.32 Å². The van der Waals surface area contributed by atoms with Gasteiger partial charge in [0.05, 0.1) is 6.61 Å². The molecule has 0 saturated carbocycles. The number of hydrogen-bond donors (Lipinski definition) is 2. The van der Waals surface area contributed by atoms with E-state index in [2.05, 4.69) is 47.8 Å². The molecule has 1 aliphatic rings. The molecular formula is C29H29FN2O2. The lowest BCUT2D eigenvalue weighted by Gasteiger charge is -2.25. The third-order valence-corrected chi connectivity index (χ3v) is 6.16. The average molecular weight is 457 g/mol. The van der Waals surface area contributed by atoms with Gasteiger partial charge in [0.2, 0.25) is 5.91 Å². The Hall–Kier alpha value is -3.54. The molecule has 2 N–H and O–H groups in total. The molecule has 3 aromatic carbocycles. The first-order valence-electron chi connectivity index (χ1n) is 11.5. The number of carbonyl (C=O) groups excluding carboxylic acids is 1. The molecule has 0 radical (unpaired) electrons. The maximum Gasteiger partial charge on any atom is 0.239 e. The smallest absolute Gasteiger partial charge is 0.239 e. The monoisotopic (exact) mass is 456 g/mol. The quantitative estimate of drug-likeness (QED) is 0.403. The molecule has 1 aliphatic carbocycles. The number of benzene rings is 3. The van der Waals surface area contributed by atoms with Crippen molar-refractivity contribution < 1.29 is 14.3 Å². The van der Waals surface area contributed by atoms with Gasteiger partial charge in [-0.25, -0.2) is 4.39 Å². The number of nitrogens with one attached hydrogen (secondary N) is 1. The fourth-order valence-corrected chi connectivity index (χ4v) is 4.22. The Balaban J connectivity index is 1.44. The second-order valence-electron chi connectivity index (χ2n) is 8.44. The van der Waals surface area contributed by atoms with E-state index in [0.29, 0.717) is 6.54 Å². The minimum Gasteiger partial charge on any atom is -0.394 e. The van der Waals surface area contributed by atoms with Gasteiger partial charge < -0.3 is 10.4 Å². The maximum absolute atomic E-state index is 13.1. The minimum atomic E-state index is -0.658. The van der Waals surface area contributed by atoms with Gasteiger partial charge in [-0.15, -0.1) is 0 Å². The second-order valence-corrected chi connectivity index (χ2v) is 8.44. The number of rotatable bonds is 8. The molecule has 0 aromatic heterocycles. The van der Waals surface area contributed by atoms with Crippen LogP contribution in [0.15, 0.2) is 78.9 Å². The molecule has 34 heavy (non-hydrogen) atoms. The van der Waals surface area contributed by atoms with Crippen molar-refractivity contribution in [3.63, 3.8) is 0 Å². The van der Waals surface area contributed by atoms with Gasteiger partial charge in [-0.3, -0.25) is 9.69 Å². The molecule has 0 heterocycles. The van der Waals surface area contributed by atoms with E-state index < -0.39 is 6.04 Å². The summed E-state index contributed by atoms with van der Waals surface area (Å²) < 4.78 is 13.1. The summed E-state index contributed by atoms with van der Waals surface area (Å²) in [6.07, 6.45) is 7.23. The zero-order chi connectivity index (χ0) is 23.9. The number of likely N-dealkylation sites (N-methyl/N-ethyl adjacent to an activating group) is 1. The number of amides is 1. The Kier molecular flexibility index (Phi) is 7.68. The van der Waals surface area contributed by atoms with Crippen molar-refractivity contribution in [2.45, 2.75) is 19.0 Å². The van der Waals surface area contributed by atoms with Gasteiger partial charge in [-0.1, -0.05) is 78.9 Å². The van der Waals surface area contributed by atoms with Crippen LogP contribution in [0.2, 0.25) is 0 Å². The van der Waals surface area contributed by atoms with E-state index in [1.165, 1.54) is 40.0 Å². The third kappa shape index (κ3) is 5.50. The lowest BCUT2D eigenvalue weighted by atomic mass is 9.93. The highest BCUT2D eigenvalue weighted by Crippen LogP contribution is 2.33. The molecule has 4 nitrogen and oxygen atoms in total. The van der Waals surface area contributed by atoms with Gasteiger partial charge >= 0.3 is 0 Å². The Morgan fingerprint density at radius 3 is 2.15 bits per heavy atom. The predicted molar refractivity (Wildman–Crippen MR) is 135 cm³/mol. The topological polar surface area (TPSA) is 52.6 Å². The summed E-state index contributed by atoms with van der Waals surface area (Å²) in [7, 11) is 1.84. The van der Waals surface area contributed by atoms with Crippen molar-refractivity contribution in [1.29, 1.82) is 0 Å². The number of aliphatic hydroxyl groups is 1. The number of halogens is 1. The van der Waals surface area contributed by atoms with Crippen LogP contribution in [0.25, 0.3) is 17.7 Å². The van der Waals surface area contributed by atoms with Gasteiger partial charge in [0, 0.05) is 13.1 Å². The van der Waals surface area contributed by atoms with Crippen molar-refractivity contribution in [3.8, 4) is 0 Å². The maximum atomic E-state index is 13.1. The number of aliphatic hydroxyl groups excluding tert-OH is 1. The van der Waals surface area contributed by atoms with Crippen LogP contribution in [0.4, 0.5) is 4.39 Å². The van der Waals surface area contributed by atoms with E-state index in [4.69, 9.17) is 0 Å². The van der Waals surface area contributed by atoms with E-state index in [0.717, 1.165) is 12.0 Å². The van der Waals surface area contributed by atoms with Crippen LogP contribution >= 0.6 is 0 Å². The van der Waals surface area contributed by atoms with Gasteiger partial charge in [0.25, 0.3) is 0 Å². The van der Waals surface area contributed by atoms with Crippen molar-refractivity contribution in [2.24, 2.45) is 0 Å². The van der Waals surface area contributed by atoms with Crippen LogP contribution in [0, 0.1) is 5.82 Å². The zero-order valence-corrected chi connectivity index (χ0v) is 19.2. The summed E-state index contributed by atoms with van der Waals surface area (Å²) in [5, 5.41) is 12.7. The Bertz CT molecular complexity index is 1150. The predicted octanol–water partition coefficient (Wildman–Crippen LogP) is 4.74. The molecular weight excluding hydrogens is 427 g/mol. The molecule has 4 rings (SSSR count). The molecule has 0 saturated heterocycles. The van der Waals surface area contributed by atoms with E-state index in [1.54, 1.807) is 12.1 Å². The molecule has 1 amide bonds. The summed E-state index contributed by atoms with van der Waals surface area (Å²) in [5.41, 5.74) is 6.69. The molecule has 5 heteroatoms. The van der Waals surface area contributed by atoms with Crippen molar-refractivity contribution in [2.75, 3.05) is 20.2 Å². The summed E-state index contributed by atoms with van der Waals surface area (Å²) in [4.78, 5) is 14.5. The highest BCUT2D eigenvalue weighted by molar-refractivity contribution is 5.93. The number of fused-ring (bicyclic) bond motifs is 2. The summed E-state index contributed by atoms with van der Waals surface area (Å²) >= 11 is 0. The van der Waals surface area contributed by atoms with Crippen LogP contribution in [0.1, 0.15) is 34.2 Å². The van der Waals surface area contributed by atoms with Gasteiger partial charge in [0.15, 0.2) is 0 Å².